The molecule has 0 saturated heterocycles. The molecule has 136 valence electrons. The van der Waals surface area contributed by atoms with E-state index in [1.54, 1.807) is 32.0 Å². The summed E-state index contributed by atoms with van der Waals surface area (Å²) in [6, 6.07) is 7.84. The predicted octanol–water partition coefficient (Wildman–Crippen LogP) is 3.21. The highest BCUT2D eigenvalue weighted by molar-refractivity contribution is 9.10. The zero-order valence-electron chi connectivity index (χ0n) is 14.0. The molecule has 0 fully saturated rings. The second kappa shape index (κ2) is 8.43. The number of amides is 1. The van der Waals surface area contributed by atoms with Gasteiger partial charge >= 0.3 is 5.69 Å². The van der Waals surface area contributed by atoms with E-state index in [0.717, 1.165) is 4.47 Å². The third-order valence-corrected chi connectivity index (χ3v) is 3.82. The van der Waals surface area contributed by atoms with Gasteiger partial charge in [-0.05, 0) is 43.2 Å². The Morgan fingerprint density at radius 3 is 2.81 bits per heavy atom. The molecular weight excluding hydrogens is 406 g/mol. The van der Waals surface area contributed by atoms with Gasteiger partial charge in [0.2, 0.25) is 0 Å². The van der Waals surface area contributed by atoms with E-state index in [1.807, 2.05) is 0 Å². The Kier molecular flexibility index (Phi) is 6.29. The van der Waals surface area contributed by atoms with Crippen LogP contribution in [-0.2, 0) is 4.79 Å². The van der Waals surface area contributed by atoms with E-state index in [4.69, 9.17) is 4.74 Å². The van der Waals surface area contributed by atoms with Crippen LogP contribution in [0, 0.1) is 24.0 Å². The number of halogens is 1. The van der Waals surface area contributed by atoms with Crippen LogP contribution >= 0.6 is 15.9 Å². The summed E-state index contributed by atoms with van der Waals surface area (Å²) in [6.45, 7) is 3.01. The molecule has 0 aliphatic heterocycles. The smallest absolute Gasteiger partial charge is 0.311 e. The van der Waals surface area contributed by atoms with Gasteiger partial charge in [-0.2, -0.15) is 5.10 Å². The van der Waals surface area contributed by atoms with Crippen LogP contribution in [0.3, 0.4) is 0 Å². The molecular formula is C17H16BrN3O5. The number of nitro benzene ring substituents is 1. The van der Waals surface area contributed by atoms with Gasteiger partial charge in [-0.3, -0.25) is 14.9 Å². The molecule has 0 aliphatic carbocycles. The Balaban J connectivity index is 1.97. The van der Waals surface area contributed by atoms with Gasteiger partial charge < -0.3 is 9.84 Å². The third-order valence-electron chi connectivity index (χ3n) is 3.36. The number of hydrogen-bond donors (Lipinski definition) is 2. The number of carbonyl (C=O) groups is 1. The monoisotopic (exact) mass is 421 g/mol. The van der Waals surface area contributed by atoms with Gasteiger partial charge in [0, 0.05) is 16.1 Å². The molecule has 26 heavy (non-hydrogen) atoms. The van der Waals surface area contributed by atoms with Gasteiger partial charge in [-0.25, -0.2) is 5.43 Å². The molecule has 0 aliphatic rings. The molecule has 9 heteroatoms. The van der Waals surface area contributed by atoms with E-state index < -0.39 is 17.4 Å². The Hall–Kier alpha value is -2.94. The summed E-state index contributed by atoms with van der Waals surface area (Å²) < 4.78 is 5.96. The van der Waals surface area contributed by atoms with Crippen LogP contribution in [0.4, 0.5) is 5.69 Å². The average molecular weight is 422 g/mol. The lowest BCUT2D eigenvalue weighted by molar-refractivity contribution is -0.385. The molecule has 0 aromatic heterocycles. The average Bonchev–Trinajstić information content (AvgIpc) is 2.57. The molecule has 8 nitrogen and oxygen atoms in total. The summed E-state index contributed by atoms with van der Waals surface area (Å²) in [4.78, 5) is 22.2. The number of benzene rings is 2. The van der Waals surface area contributed by atoms with Crippen molar-refractivity contribution < 1.29 is 19.6 Å². The Bertz CT molecular complexity index is 883. The highest BCUT2D eigenvalue weighted by Gasteiger charge is 2.16. The van der Waals surface area contributed by atoms with Crippen molar-refractivity contribution in [2.75, 3.05) is 6.61 Å². The summed E-state index contributed by atoms with van der Waals surface area (Å²) in [6.07, 6.45) is 1.29. The summed E-state index contributed by atoms with van der Waals surface area (Å²) in [5.74, 6) is -0.542. The normalized spacial score (nSPS) is 10.7. The highest BCUT2D eigenvalue weighted by atomic mass is 79.9. The largest absolute Gasteiger partial charge is 0.507 e. The fourth-order valence-electron chi connectivity index (χ4n) is 2.10. The Morgan fingerprint density at radius 1 is 1.38 bits per heavy atom. The number of nitro groups is 1. The number of aryl methyl sites for hydroxylation is 2. The van der Waals surface area contributed by atoms with E-state index >= 15 is 0 Å². The number of rotatable bonds is 6. The van der Waals surface area contributed by atoms with Crippen LogP contribution in [0.5, 0.6) is 11.5 Å². The van der Waals surface area contributed by atoms with Gasteiger partial charge in [0.25, 0.3) is 5.91 Å². The molecule has 2 aromatic carbocycles. The first-order chi connectivity index (χ1) is 12.3. The molecule has 0 radical (unpaired) electrons. The van der Waals surface area contributed by atoms with E-state index in [1.165, 1.54) is 18.3 Å². The minimum absolute atomic E-state index is 0.0000104. The topological polar surface area (TPSA) is 114 Å². The zero-order chi connectivity index (χ0) is 19.3. The van der Waals surface area contributed by atoms with Gasteiger partial charge in [0.15, 0.2) is 12.4 Å². The number of hydrogen-bond acceptors (Lipinski definition) is 6. The van der Waals surface area contributed by atoms with Crippen molar-refractivity contribution in [2.45, 2.75) is 13.8 Å². The van der Waals surface area contributed by atoms with Crippen molar-refractivity contribution in [3.8, 4) is 11.5 Å². The number of phenolic OH excluding ortho intramolecular Hbond substituents is 1. The first kappa shape index (κ1) is 19.4. The van der Waals surface area contributed by atoms with Crippen LogP contribution in [0.2, 0.25) is 0 Å². The molecule has 2 N–H and O–H groups in total. The van der Waals surface area contributed by atoms with Crippen LogP contribution in [-0.4, -0.2) is 28.8 Å². The van der Waals surface area contributed by atoms with Crippen molar-refractivity contribution in [1.29, 1.82) is 0 Å². The van der Waals surface area contributed by atoms with Crippen LogP contribution in [0.1, 0.15) is 16.7 Å². The quantitative estimate of drug-likeness (QED) is 0.422. The maximum Gasteiger partial charge on any atom is 0.311 e. The summed E-state index contributed by atoms with van der Waals surface area (Å²) in [7, 11) is 0. The highest BCUT2D eigenvalue weighted by Crippen LogP contribution is 2.27. The fourth-order valence-corrected chi connectivity index (χ4v) is 2.69. The van der Waals surface area contributed by atoms with E-state index in [-0.39, 0.29) is 17.2 Å². The molecule has 0 atom stereocenters. The molecule has 0 spiro atoms. The van der Waals surface area contributed by atoms with E-state index in [0.29, 0.717) is 16.7 Å². The Labute approximate surface area is 157 Å². The second-order valence-corrected chi connectivity index (χ2v) is 6.39. The first-order valence-electron chi connectivity index (χ1n) is 7.47. The maximum atomic E-state index is 11.8. The SMILES string of the molecule is Cc1ccc(OCC(=O)N/N=C/c2cc(Br)cc(C)c2O)c([N+](=O)[O-])c1. The van der Waals surface area contributed by atoms with Gasteiger partial charge in [-0.1, -0.05) is 22.0 Å². The van der Waals surface area contributed by atoms with Gasteiger partial charge in [0.1, 0.15) is 5.75 Å². The number of nitrogens with one attached hydrogen (secondary N) is 1. The van der Waals surface area contributed by atoms with Crippen molar-refractivity contribution >= 4 is 33.7 Å². The minimum Gasteiger partial charge on any atom is -0.507 e. The van der Waals surface area contributed by atoms with Gasteiger partial charge in [-0.15, -0.1) is 0 Å². The molecule has 0 heterocycles. The summed E-state index contributed by atoms with van der Waals surface area (Å²) in [5, 5.41) is 24.7. The number of hydrazone groups is 1. The third kappa shape index (κ3) is 5.03. The number of aromatic hydroxyl groups is 1. The second-order valence-electron chi connectivity index (χ2n) is 5.47. The van der Waals surface area contributed by atoms with E-state index in [2.05, 4.69) is 26.5 Å². The maximum absolute atomic E-state index is 11.8. The molecule has 0 bridgehead atoms. The first-order valence-corrected chi connectivity index (χ1v) is 8.26. The van der Waals surface area contributed by atoms with Crippen molar-refractivity contribution in [3.63, 3.8) is 0 Å². The molecule has 1 amide bonds. The standard InChI is InChI=1S/C17H16BrN3O5/c1-10-3-4-15(14(5-10)21(24)25)26-9-16(22)20-19-8-12-7-13(18)6-11(2)17(12)23/h3-8,23H,9H2,1-2H3,(H,20,22)/b19-8+. The van der Waals surface area contributed by atoms with Crippen LogP contribution < -0.4 is 10.2 Å². The number of phenols is 1. The van der Waals surface area contributed by atoms with Crippen LogP contribution in [0.15, 0.2) is 39.9 Å². The lowest BCUT2D eigenvalue weighted by atomic mass is 10.1. The van der Waals surface area contributed by atoms with E-state index in [9.17, 15) is 20.0 Å². The molecule has 0 saturated carbocycles. The van der Waals surface area contributed by atoms with Crippen molar-refractivity contribution in [1.82, 2.24) is 5.43 Å². The number of nitrogens with zero attached hydrogens (tertiary/aromatic N) is 2. The molecule has 2 aromatic rings. The number of ether oxygens (including phenoxy) is 1. The molecule has 0 unspecified atom stereocenters. The number of carbonyl (C=O) groups excluding carboxylic acids is 1. The minimum atomic E-state index is -0.595. The zero-order valence-corrected chi connectivity index (χ0v) is 15.6. The predicted molar refractivity (Wildman–Crippen MR) is 99.6 cm³/mol. The van der Waals surface area contributed by atoms with Crippen molar-refractivity contribution in [3.05, 3.63) is 61.6 Å². The summed E-state index contributed by atoms with van der Waals surface area (Å²) >= 11 is 3.31. The lowest BCUT2D eigenvalue weighted by Gasteiger charge is -2.06. The molecule has 2 rings (SSSR count). The lowest BCUT2D eigenvalue weighted by Crippen LogP contribution is -2.24. The Morgan fingerprint density at radius 2 is 2.12 bits per heavy atom. The van der Waals surface area contributed by atoms with Crippen LogP contribution in [0.25, 0.3) is 0 Å². The summed E-state index contributed by atoms with van der Waals surface area (Å²) in [5.41, 5.74) is 3.81. The fraction of sp³-hybridized carbons (Fsp3) is 0.176. The van der Waals surface area contributed by atoms with Crippen molar-refractivity contribution in [2.24, 2.45) is 5.10 Å². The van der Waals surface area contributed by atoms with Gasteiger partial charge in [0.05, 0.1) is 11.1 Å².